The van der Waals surface area contributed by atoms with Crippen LogP contribution in [0.15, 0.2) is 39.8 Å². The zero-order valence-corrected chi connectivity index (χ0v) is 9.80. The number of furan rings is 1. The van der Waals surface area contributed by atoms with Gasteiger partial charge in [-0.1, -0.05) is 12.1 Å². The molecule has 1 heterocycles. The van der Waals surface area contributed by atoms with Gasteiger partial charge in [0.15, 0.2) is 0 Å². The lowest BCUT2D eigenvalue weighted by molar-refractivity contribution is 0.607. The lowest BCUT2D eigenvalue weighted by Gasteiger charge is -2.20. The molecule has 0 atom stereocenters. The Morgan fingerprint density at radius 2 is 2.07 bits per heavy atom. The number of hydrogen-bond acceptors (Lipinski definition) is 3. The highest BCUT2D eigenvalue weighted by Crippen LogP contribution is 2.37. The van der Waals surface area contributed by atoms with Gasteiger partial charge in [0, 0.05) is 16.7 Å². The van der Waals surface area contributed by atoms with Gasteiger partial charge in [0.2, 0.25) is 0 Å². The average molecular weight is 221 g/mol. The van der Waals surface area contributed by atoms with Gasteiger partial charge in [-0.2, -0.15) is 0 Å². The van der Waals surface area contributed by atoms with E-state index < -0.39 is 0 Å². The van der Waals surface area contributed by atoms with Crippen molar-refractivity contribution >= 4 is 22.7 Å². The third-order valence-electron chi connectivity index (χ3n) is 2.32. The molecule has 1 aromatic heterocycles. The normalized spacial score (nSPS) is 12.2. The van der Waals surface area contributed by atoms with Crippen molar-refractivity contribution in [2.75, 3.05) is 6.54 Å². The minimum Gasteiger partial charge on any atom is -0.463 e. The molecule has 0 aliphatic heterocycles. The Morgan fingerprint density at radius 1 is 1.33 bits per heavy atom. The van der Waals surface area contributed by atoms with Crippen molar-refractivity contribution in [3.8, 4) is 0 Å². The molecule has 0 bridgehead atoms. The van der Waals surface area contributed by atoms with Gasteiger partial charge in [-0.3, -0.25) is 0 Å². The molecule has 80 valence electrons. The second-order valence-electron chi connectivity index (χ2n) is 4.16. The highest BCUT2D eigenvalue weighted by Gasteiger charge is 2.19. The van der Waals surface area contributed by atoms with Crippen LogP contribution in [0.3, 0.4) is 0 Å². The van der Waals surface area contributed by atoms with Crippen molar-refractivity contribution in [1.29, 1.82) is 0 Å². The SMILES string of the molecule is CC(C)(CN)Sc1coc2ccccc12. The van der Waals surface area contributed by atoms with Crippen LogP contribution in [0.5, 0.6) is 0 Å². The number of fused-ring (bicyclic) bond motifs is 1. The van der Waals surface area contributed by atoms with E-state index in [1.807, 2.05) is 24.5 Å². The second-order valence-corrected chi connectivity index (χ2v) is 5.91. The molecule has 0 saturated heterocycles. The van der Waals surface area contributed by atoms with Crippen molar-refractivity contribution in [3.05, 3.63) is 30.5 Å². The van der Waals surface area contributed by atoms with Crippen LogP contribution in [0.2, 0.25) is 0 Å². The Kier molecular flexibility index (Phi) is 2.76. The first-order valence-electron chi connectivity index (χ1n) is 4.98. The predicted octanol–water partition coefficient (Wildman–Crippen LogP) is 3.26. The third-order valence-corrected chi connectivity index (χ3v) is 3.58. The van der Waals surface area contributed by atoms with E-state index in [1.54, 1.807) is 11.8 Å². The molecule has 2 N–H and O–H groups in total. The number of benzene rings is 1. The molecule has 0 amide bonds. The van der Waals surface area contributed by atoms with E-state index in [-0.39, 0.29) is 4.75 Å². The number of hydrogen-bond donors (Lipinski definition) is 1. The van der Waals surface area contributed by atoms with Crippen LogP contribution >= 0.6 is 11.8 Å². The predicted molar refractivity (Wildman–Crippen MR) is 65.2 cm³/mol. The van der Waals surface area contributed by atoms with E-state index in [0.29, 0.717) is 6.54 Å². The number of nitrogens with two attached hydrogens (primary N) is 1. The van der Waals surface area contributed by atoms with Crippen molar-refractivity contribution < 1.29 is 4.42 Å². The summed E-state index contributed by atoms with van der Waals surface area (Å²) in [6.45, 7) is 4.93. The van der Waals surface area contributed by atoms with Crippen LogP contribution in [0.25, 0.3) is 11.0 Å². The number of thioether (sulfide) groups is 1. The van der Waals surface area contributed by atoms with Crippen LogP contribution in [-0.2, 0) is 0 Å². The van der Waals surface area contributed by atoms with Crippen molar-refractivity contribution in [3.63, 3.8) is 0 Å². The van der Waals surface area contributed by atoms with Gasteiger partial charge in [-0.15, -0.1) is 11.8 Å². The van der Waals surface area contributed by atoms with Crippen LogP contribution in [-0.4, -0.2) is 11.3 Å². The molecule has 0 radical (unpaired) electrons. The molecule has 0 aliphatic carbocycles. The fourth-order valence-corrected chi connectivity index (χ4v) is 2.43. The van der Waals surface area contributed by atoms with E-state index in [1.165, 1.54) is 10.3 Å². The Bertz CT molecular complexity index is 461. The molecular formula is C12H15NOS. The van der Waals surface area contributed by atoms with E-state index in [4.69, 9.17) is 10.2 Å². The first-order valence-corrected chi connectivity index (χ1v) is 5.79. The van der Waals surface area contributed by atoms with Crippen molar-refractivity contribution in [2.45, 2.75) is 23.5 Å². The zero-order valence-electron chi connectivity index (χ0n) is 8.99. The molecule has 0 fully saturated rings. The monoisotopic (exact) mass is 221 g/mol. The summed E-state index contributed by atoms with van der Waals surface area (Å²) in [5.41, 5.74) is 6.65. The van der Waals surface area contributed by atoms with Crippen LogP contribution in [0, 0.1) is 0 Å². The van der Waals surface area contributed by atoms with Gasteiger partial charge in [0.25, 0.3) is 0 Å². The van der Waals surface area contributed by atoms with Crippen LogP contribution < -0.4 is 5.73 Å². The topological polar surface area (TPSA) is 39.2 Å². The maximum Gasteiger partial charge on any atom is 0.135 e. The van der Waals surface area contributed by atoms with Gasteiger partial charge < -0.3 is 10.2 Å². The molecule has 0 aliphatic rings. The zero-order chi connectivity index (χ0) is 10.9. The summed E-state index contributed by atoms with van der Waals surface area (Å²) < 4.78 is 5.53. The summed E-state index contributed by atoms with van der Waals surface area (Å²) in [6.07, 6.45) is 1.81. The third kappa shape index (κ3) is 2.19. The summed E-state index contributed by atoms with van der Waals surface area (Å²) >= 11 is 1.76. The molecule has 2 rings (SSSR count). The molecule has 0 unspecified atom stereocenters. The van der Waals surface area contributed by atoms with Gasteiger partial charge >= 0.3 is 0 Å². The van der Waals surface area contributed by atoms with Crippen LogP contribution in [0.1, 0.15) is 13.8 Å². The largest absolute Gasteiger partial charge is 0.463 e. The lowest BCUT2D eigenvalue weighted by Crippen LogP contribution is -2.26. The van der Waals surface area contributed by atoms with E-state index in [0.717, 1.165) is 5.58 Å². The standard InChI is InChI=1S/C12H15NOS/c1-12(2,8-13)15-11-7-14-10-6-4-3-5-9(10)11/h3-7H,8,13H2,1-2H3. The Morgan fingerprint density at radius 3 is 2.80 bits per heavy atom. The number of para-hydroxylation sites is 1. The first-order chi connectivity index (χ1) is 7.12. The van der Waals surface area contributed by atoms with Crippen LogP contribution in [0.4, 0.5) is 0 Å². The average Bonchev–Trinajstić information content (AvgIpc) is 2.62. The molecule has 15 heavy (non-hydrogen) atoms. The molecule has 3 heteroatoms. The first kappa shape index (κ1) is 10.6. The van der Waals surface area contributed by atoms with E-state index >= 15 is 0 Å². The van der Waals surface area contributed by atoms with Gasteiger partial charge in [-0.25, -0.2) is 0 Å². The van der Waals surface area contributed by atoms with Gasteiger partial charge in [-0.05, 0) is 26.0 Å². The Hall–Kier alpha value is -0.930. The molecule has 2 aromatic rings. The van der Waals surface area contributed by atoms with E-state index in [2.05, 4.69) is 19.9 Å². The Balaban J connectivity index is 2.37. The fourth-order valence-electron chi connectivity index (χ4n) is 1.37. The minimum absolute atomic E-state index is 0.0483. The summed E-state index contributed by atoms with van der Waals surface area (Å²) in [4.78, 5) is 1.17. The van der Waals surface area contributed by atoms with Crippen molar-refractivity contribution in [1.82, 2.24) is 0 Å². The molecule has 0 saturated carbocycles. The Labute approximate surface area is 93.8 Å². The lowest BCUT2D eigenvalue weighted by atomic mass is 10.2. The van der Waals surface area contributed by atoms with E-state index in [9.17, 15) is 0 Å². The smallest absolute Gasteiger partial charge is 0.135 e. The summed E-state index contributed by atoms with van der Waals surface area (Å²) in [6, 6.07) is 8.06. The molecular weight excluding hydrogens is 206 g/mol. The quantitative estimate of drug-likeness (QED) is 0.808. The maximum absolute atomic E-state index is 5.72. The summed E-state index contributed by atoms with van der Waals surface area (Å²) in [7, 11) is 0. The van der Waals surface area contributed by atoms with Gasteiger partial charge in [0.05, 0.1) is 4.90 Å². The minimum atomic E-state index is 0.0483. The number of rotatable bonds is 3. The summed E-state index contributed by atoms with van der Waals surface area (Å²) in [5.74, 6) is 0. The molecule has 2 nitrogen and oxygen atoms in total. The maximum atomic E-state index is 5.72. The fraction of sp³-hybridized carbons (Fsp3) is 0.333. The molecule has 0 spiro atoms. The highest BCUT2D eigenvalue weighted by molar-refractivity contribution is 8.00. The van der Waals surface area contributed by atoms with Crippen molar-refractivity contribution in [2.24, 2.45) is 5.73 Å². The highest BCUT2D eigenvalue weighted by atomic mass is 32.2. The second kappa shape index (κ2) is 3.91. The molecule has 1 aromatic carbocycles. The van der Waals surface area contributed by atoms with Gasteiger partial charge in [0.1, 0.15) is 11.8 Å². The summed E-state index contributed by atoms with van der Waals surface area (Å²) in [5, 5.41) is 1.17.